The van der Waals surface area contributed by atoms with Gasteiger partial charge in [-0.1, -0.05) is 24.6 Å². The van der Waals surface area contributed by atoms with Gasteiger partial charge in [-0.3, -0.25) is 0 Å². The zero-order chi connectivity index (χ0) is 13.3. The molecule has 0 saturated heterocycles. The monoisotopic (exact) mass is 281 g/mol. The van der Waals surface area contributed by atoms with Crippen molar-refractivity contribution in [1.29, 1.82) is 0 Å². The molecule has 1 heterocycles. The van der Waals surface area contributed by atoms with Gasteiger partial charge in [-0.25, -0.2) is 4.79 Å². The molecule has 8 heteroatoms. The van der Waals surface area contributed by atoms with Crippen LogP contribution in [0.5, 0.6) is 0 Å². The molecule has 18 heavy (non-hydrogen) atoms. The number of aromatic nitrogens is 1. The van der Waals surface area contributed by atoms with Gasteiger partial charge in [-0.15, -0.1) is 0 Å². The smallest absolute Gasteiger partial charge is 0.437 e. The van der Waals surface area contributed by atoms with E-state index >= 15 is 0 Å². The molecule has 1 fully saturated rings. The Bertz CT molecular complexity index is 452. The summed E-state index contributed by atoms with van der Waals surface area (Å²) in [6.07, 6.45) is -0.994. The first kappa shape index (κ1) is 13.3. The van der Waals surface area contributed by atoms with E-state index in [-0.39, 0.29) is 10.5 Å². The summed E-state index contributed by atoms with van der Waals surface area (Å²) >= 11 is 1.08. The minimum Gasteiger partial charge on any atom is -0.475 e. The normalized spacial score (nSPS) is 17.3. The molecule has 4 nitrogen and oxygen atoms in total. The number of hydrogen-bond donors (Lipinski definition) is 1. The molecule has 100 valence electrons. The van der Waals surface area contributed by atoms with Crippen LogP contribution < -0.4 is 0 Å². The number of nitrogens with zero attached hydrogens (tertiary/aromatic N) is 1. The van der Waals surface area contributed by atoms with Gasteiger partial charge in [-0.05, 0) is 12.8 Å². The molecule has 0 unspecified atom stereocenters. The molecule has 0 spiro atoms. The van der Waals surface area contributed by atoms with Crippen molar-refractivity contribution in [2.24, 2.45) is 0 Å². The third kappa shape index (κ3) is 2.80. The van der Waals surface area contributed by atoms with Crippen LogP contribution in [-0.2, 0) is 6.18 Å². The number of halogens is 3. The Morgan fingerprint density at radius 2 is 2.00 bits per heavy atom. The molecule has 0 aromatic carbocycles. The van der Waals surface area contributed by atoms with E-state index in [1.54, 1.807) is 0 Å². The number of hydrogen-bond acceptors (Lipinski definition) is 4. The van der Waals surface area contributed by atoms with Gasteiger partial charge in [0.2, 0.25) is 5.76 Å². The number of rotatable bonds is 3. The fourth-order valence-electron chi connectivity index (χ4n) is 1.84. The van der Waals surface area contributed by atoms with Gasteiger partial charge in [0, 0.05) is 5.25 Å². The third-order valence-corrected chi connectivity index (χ3v) is 3.82. The largest absolute Gasteiger partial charge is 0.475 e. The molecule has 1 aromatic heterocycles. The van der Waals surface area contributed by atoms with Crippen LogP contribution in [0.4, 0.5) is 13.2 Å². The zero-order valence-corrected chi connectivity index (χ0v) is 9.98. The summed E-state index contributed by atoms with van der Waals surface area (Å²) < 4.78 is 42.3. The van der Waals surface area contributed by atoms with Crippen LogP contribution in [0.15, 0.2) is 9.64 Å². The van der Waals surface area contributed by atoms with Crippen molar-refractivity contribution in [2.45, 2.75) is 42.3 Å². The summed E-state index contributed by atoms with van der Waals surface area (Å²) in [6, 6.07) is 0. The SMILES string of the molecule is O=C(O)c1oc(SC2CCCC2)nc1C(F)(F)F. The highest BCUT2D eigenvalue weighted by Crippen LogP contribution is 2.38. The van der Waals surface area contributed by atoms with Crippen LogP contribution in [0.2, 0.25) is 0 Å². The van der Waals surface area contributed by atoms with E-state index in [0.29, 0.717) is 0 Å². The van der Waals surface area contributed by atoms with Crippen molar-refractivity contribution < 1.29 is 27.5 Å². The average molecular weight is 281 g/mol. The summed E-state index contributed by atoms with van der Waals surface area (Å²) in [7, 11) is 0. The molecule has 1 N–H and O–H groups in total. The van der Waals surface area contributed by atoms with E-state index in [9.17, 15) is 18.0 Å². The van der Waals surface area contributed by atoms with Gasteiger partial charge in [0.25, 0.3) is 5.22 Å². The molecule has 1 aliphatic rings. The Morgan fingerprint density at radius 1 is 1.39 bits per heavy atom. The lowest BCUT2D eigenvalue weighted by Gasteiger charge is -2.03. The summed E-state index contributed by atoms with van der Waals surface area (Å²) in [4.78, 5) is 13.9. The number of thioether (sulfide) groups is 1. The second kappa shape index (κ2) is 4.83. The fourth-order valence-corrected chi connectivity index (χ4v) is 2.97. The zero-order valence-electron chi connectivity index (χ0n) is 9.16. The fraction of sp³-hybridized carbons (Fsp3) is 0.600. The number of alkyl halides is 3. The first-order valence-corrected chi connectivity index (χ1v) is 6.24. The van der Waals surface area contributed by atoms with Gasteiger partial charge in [-0.2, -0.15) is 18.2 Å². The van der Waals surface area contributed by atoms with Gasteiger partial charge >= 0.3 is 12.1 Å². The topological polar surface area (TPSA) is 63.3 Å². The van der Waals surface area contributed by atoms with Crippen molar-refractivity contribution in [2.75, 3.05) is 0 Å². The summed E-state index contributed by atoms with van der Waals surface area (Å²) in [6.45, 7) is 0. The highest BCUT2D eigenvalue weighted by molar-refractivity contribution is 7.99. The van der Waals surface area contributed by atoms with E-state index in [1.807, 2.05) is 0 Å². The average Bonchev–Trinajstić information content (AvgIpc) is 2.85. The Balaban J connectivity index is 2.24. The van der Waals surface area contributed by atoms with E-state index in [2.05, 4.69) is 4.98 Å². The molecule has 2 rings (SSSR count). The number of aromatic carboxylic acids is 1. The number of carboxylic acids is 1. The van der Waals surface area contributed by atoms with Crippen LogP contribution in [0.3, 0.4) is 0 Å². The molecule has 0 amide bonds. The number of carbonyl (C=O) groups is 1. The Morgan fingerprint density at radius 3 is 2.44 bits per heavy atom. The highest BCUT2D eigenvalue weighted by atomic mass is 32.2. The van der Waals surface area contributed by atoms with Crippen LogP contribution >= 0.6 is 11.8 Å². The van der Waals surface area contributed by atoms with E-state index in [0.717, 1.165) is 37.4 Å². The van der Waals surface area contributed by atoms with Crippen LogP contribution in [0.1, 0.15) is 41.9 Å². The lowest BCUT2D eigenvalue weighted by Crippen LogP contribution is -2.11. The molecule has 0 bridgehead atoms. The predicted octanol–water partition coefficient (Wildman–Crippen LogP) is 3.43. The Labute approximate surface area is 105 Å². The molecular formula is C10H10F3NO3S. The van der Waals surface area contributed by atoms with Crippen molar-refractivity contribution in [3.05, 3.63) is 11.5 Å². The quantitative estimate of drug-likeness (QED) is 0.919. The molecule has 0 aliphatic heterocycles. The van der Waals surface area contributed by atoms with Gasteiger partial charge in [0.1, 0.15) is 0 Å². The first-order valence-electron chi connectivity index (χ1n) is 5.36. The van der Waals surface area contributed by atoms with E-state index < -0.39 is 23.6 Å². The Hall–Kier alpha value is -1.18. The lowest BCUT2D eigenvalue weighted by molar-refractivity contribution is -0.141. The predicted molar refractivity (Wildman–Crippen MR) is 56.6 cm³/mol. The Kier molecular flexibility index (Phi) is 3.56. The van der Waals surface area contributed by atoms with Crippen LogP contribution in [-0.4, -0.2) is 21.3 Å². The van der Waals surface area contributed by atoms with E-state index in [4.69, 9.17) is 9.52 Å². The van der Waals surface area contributed by atoms with Crippen LogP contribution in [0.25, 0.3) is 0 Å². The molecular weight excluding hydrogens is 271 g/mol. The molecule has 0 radical (unpaired) electrons. The van der Waals surface area contributed by atoms with Crippen molar-refractivity contribution in [3.63, 3.8) is 0 Å². The van der Waals surface area contributed by atoms with Gasteiger partial charge in [0.05, 0.1) is 0 Å². The second-order valence-corrected chi connectivity index (χ2v) is 5.24. The molecule has 1 aromatic rings. The second-order valence-electron chi connectivity index (χ2n) is 3.98. The number of carboxylic acid groups (broad SMARTS) is 1. The van der Waals surface area contributed by atoms with Crippen molar-refractivity contribution >= 4 is 17.7 Å². The maximum absolute atomic E-state index is 12.5. The number of oxazole rings is 1. The molecule has 1 saturated carbocycles. The van der Waals surface area contributed by atoms with Crippen LogP contribution in [0, 0.1) is 0 Å². The summed E-state index contributed by atoms with van der Waals surface area (Å²) in [5, 5.41) is 8.60. The highest BCUT2D eigenvalue weighted by Gasteiger charge is 2.41. The van der Waals surface area contributed by atoms with Crippen molar-refractivity contribution in [3.8, 4) is 0 Å². The maximum atomic E-state index is 12.5. The first-order chi connectivity index (χ1) is 8.38. The summed E-state index contributed by atoms with van der Waals surface area (Å²) in [5.41, 5.74) is -1.46. The van der Waals surface area contributed by atoms with E-state index in [1.165, 1.54) is 0 Å². The van der Waals surface area contributed by atoms with Gasteiger partial charge in [0.15, 0.2) is 5.69 Å². The lowest BCUT2D eigenvalue weighted by atomic mass is 10.3. The molecule has 0 atom stereocenters. The third-order valence-electron chi connectivity index (χ3n) is 2.64. The van der Waals surface area contributed by atoms with Crippen molar-refractivity contribution in [1.82, 2.24) is 4.98 Å². The standard InChI is InChI=1S/C10H10F3NO3S/c11-10(12,13)7-6(8(15)16)17-9(14-7)18-5-3-1-2-4-5/h5H,1-4H2,(H,15,16). The minimum absolute atomic E-state index is 0.159. The van der Waals surface area contributed by atoms with Gasteiger partial charge < -0.3 is 9.52 Å². The summed E-state index contributed by atoms with van der Waals surface area (Å²) in [5.74, 6) is -2.89. The maximum Gasteiger partial charge on any atom is 0.437 e. The molecule has 1 aliphatic carbocycles. The minimum atomic E-state index is -4.81.